The van der Waals surface area contributed by atoms with Gasteiger partial charge in [0.2, 0.25) is 5.91 Å². The number of amides is 2. The molecule has 0 fully saturated rings. The van der Waals surface area contributed by atoms with E-state index in [1.807, 2.05) is 0 Å². The molecule has 0 aliphatic heterocycles. The van der Waals surface area contributed by atoms with Crippen LogP contribution in [0.3, 0.4) is 0 Å². The van der Waals surface area contributed by atoms with Gasteiger partial charge < -0.3 is 20.2 Å². The predicted molar refractivity (Wildman–Crippen MR) is 89.5 cm³/mol. The molecule has 0 saturated heterocycles. The molecule has 1 heterocycles. The first-order valence-corrected chi connectivity index (χ1v) is 7.79. The van der Waals surface area contributed by atoms with Crippen molar-refractivity contribution < 1.29 is 23.5 Å². The second kappa shape index (κ2) is 7.48. The van der Waals surface area contributed by atoms with Crippen LogP contribution < -0.4 is 10.6 Å². The first-order valence-electron chi connectivity index (χ1n) is 7.79. The third-order valence-electron chi connectivity index (χ3n) is 3.79. The fraction of sp³-hybridized carbons (Fsp3) is 0.333. The maximum absolute atomic E-state index is 12.9. The lowest BCUT2D eigenvalue weighted by molar-refractivity contribution is -0.121. The van der Waals surface area contributed by atoms with Gasteiger partial charge in [0.1, 0.15) is 22.9 Å². The summed E-state index contributed by atoms with van der Waals surface area (Å²) in [4.78, 5) is 23.9. The Labute approximate surface area is 145 Å². The van der Waals surface area contributed by atoms with Crippen LogP contribution in [-0.2, 0) is 10.4 Å². The van der Waals surface area contributed by atoms with Crippen LogP contribution in [0.5, 0.6) is 0 Å². The van der Waals surface area contributed by atoms with E-state index < -0.39 is 23.2 Å². The quantitative estimate of drug-likeness (QED) is 0.742. The van der Waals surface area contributed by atoms with Gasteiger partial charge in [0.25, 0.3) is 5.91 Å². The standard InChI is InChI=1S/C18H21FN2O4/c1-11-8-15(12(2)25-11)17(23)20-9-16(22)21-10-18(3,24)13-4-6-14(19)7-5-13/h4-8,24H,9-10H2,1-3H3,(H,20,23)(H,21,22). The monoisotopic (exact) mass is 348 g/mol. The van der Waals surface area contributed by atoms with Crippen LogP contribution in [0.15, 0.2) is 34.7 Å². The van der Waals surface area contributed by atoms with Gasteiger partial charge in [-0.25, -0.2) is 4.39 Å². The lowest BCUT2D eigenvalue weighted by Crippen LogP contribution is -2.43. The smallest absolute Gasteiger partial charge is 0.255 e. The molecule has 7 heteroatoms. The van der Waals surface area contributed by atoms with Crippen LogP contribution >= 0.6 is 0 Å². The fourth-order valence-electron chi connectivity index (χ4n) is 2.36. The summed E-state index contributed by atoms with van der Waals surface area (Å²) in [6.07, 6.45) is 0. The summed E-state index contributed by atoms with van der Waals surface area (Å²) in [5.41, 5.74) is -0.502. The summed E-state index contributed by atoms with van der Waals surface area (Å²) in [5, 5.41) is 15.4. The number of carbonyl (C=O) groups excluding carboxylic acids is 2. The average Bonchev–Trinajstić information content (AvgIpc) is 2.89. The lowest BCUT2D eigenvalue weighted by atomic mass is 9.96. The van der Waals surface area contributed by atoms with Gasteiger partial charge in [-0.3, -0.25) is 9.59 Å². The Morgan fingerprint density at radius 1 is 1.20 bits per heavy atom. The largest absolute Gasteiger partial charge is 0.466 e. The van der Waals surface area contributed by atoms with E-state index in [9.17, 15) is 19.1 Å². The van der Waals surface area contributed by atoms with E-state index in [-0.39, 0.29) is 13.1 Å². The molecule has 0 spiro atoms. The zero-order chi connectivity index (χ0) is 18.6. The van der Waals surface area contributed by atoms with Crippen LogP contribution in [0.25, 0.3) is 0 Å². The van der Waals surface area contributed by atoms with Crippen LogP contribution in [0.4, 0.5) is 4.39 Å². The van der Waals surface area contributed by atoms with Gasteiger partial charge in [-0.15, -0.1) is 0 Å². The van der Waals surface area contributed by atoms with E-state index >= 15 is 0 Å². The van der Waals surface area contributed by atoms with Gasteiger partial charge in [0.15, 0.2) is 0 Å². The minimum Gasteiger partial charge on any atom is -0.466 e. The molecule has 0 aliphatic carbocycles. The van der Waals surface area contributed by atoms with Crippen LogP contribution in [0, 0.1) is 19.7 Å². The van der Waals surface area contributed by atoms with E-state index in [1.165, 1.54) is 31.2 Å². The number of hydrogen-bond acceptors (Lipinski definition) is 4. The minimum absolute atomic E-state index is 0.0722. The number of furan rings is 1. The number of benzene rings is 1. The van der Waals surface area contributed by atoms with E-state index in [2.05, 4.69) is 10.6 Å². The topological polar surface area (TPSA) is 91.6 Å². The molecule has 3 N–H and O–H groups in total. The Hall–Kier alpha value is -2.67. The molecule has 0 bridgehead atoms. The maximum atomic E-state index is 12.9. The zero-order valence-electron chi connectivity index (χ0n) is 14.4. The third-order valence-corrected chi connectivity index (χ3v) is 3.79. The molecule has 6 nitrogen and oxygen atoms in total. The molecular formula is C18H21FN2O4. The summed E-state index contributed by atoms with van der Waals surface area (Å²) >= 11 is 0. The molecule has 1 unspecified atom stereocenters. The molecule has 25 heavy (non-hydrogen) atoms. The average molecular weight is 348 g/mol. The molecule has 0 aliphatic rings. The van der Waals surface area contributed by atoms with Crippen molar-refractivity contribution in [1.29, 1.82) is 0 Å². The molecule has 2 rings (SSSR count). The van der Waals surface area contributed by atoms with Crippen molar-refractivity contribution in [3.8, 4) is 0 Å². The third kappa shape index (κ3) is 4.90. The molecule has 1 atom stereocenters. The Morgan fingerprint density at radius 3 is 2.40 bits per heavy atom. The highest BCUT2D eigenvalue weighted by Gasteiger charge is 2.24. The lowest BCUT2D eigenvalue weighted by Gasteiger charge is -2.24. The Morgan fingerprint density at radius 2 is 1.84 bits per heavy atom. The van der Waals surface area contributed by atoms with Crippen molar-refractivity contribution in [3.63, 3.8) is 0 Å². The number of aliphatic hydroxyl groups is 1. The van der Waals surface area contributed by atoms with Crippen molar-refractivity contribution in [2.24, 2.45) is 0 Å². The van der Waals surface area contributed by atoms with Gasteiger partial charge in [0, 0.05) is 0 Å². The number of hydrogen-bond donors (Lipinski definition) is 3. The Balaban J connectivity index is 1.85. The van der Waals surface area contributed by atoms with E-state index in [4.69, 9.17) is 4.42 Å². The van der Waals surface area contributed by atoms with Gasteiger partial charge >= 0.3 is 0 Å². The number of nitrogens with one attached hydrogen (secondary N) is 2. The molecule has 134 valence electrons. The van der Waals surface area contributed by atoms with E-state index in [1.54, 1.807) is 19.9 Å². The first kappa shape index (κ1) is 18.7. The number of aryl methyl sites for hydroxylation is 2. The van der Waals surface area contributed by atoms with E-state index in [0.717, 1.165) is 0 Å². The zero-order valence-corrected chi connectivity index (χ0v) is 14.4. The van der Waals surface area contributed by atoms with Crippen LogP contribution in [0.2, 0.25) is 0 Å². The van der Waals surface area contributed by atoms with Gasteiger partial charge in [-0.05, 0) is 44.5 Å². The van der Waals surface area contributed by atoms with Crippen LogP contribution in [-0.4, -0.2) is 30.0 Å². The molecule has 2 amide bonds. The molecular weight excluding hydrogens is 327 g/mol. The molecule has 0 radical (unpaired) electrons. The molecule has 1 aromatic carbocycles. The summed E-state index contributed by atoms with van der Waals surface area (Å²) in [6, 6.07) is 6.98. The second-order valence-corrected chi connectivity index (χ2v) is 6.07. The number of halogens is 1. The van der Waals surface area contributed by atoms with Crippen molar-refractivity contribution in [3.05, 3.63) is 58.8 Å². The molecule has 2 aromatic rings. The minimum atomic E-state index is -1.36. The maximum Gasteiger partial charge on any atom is 0.255 e. The van der Waals surface area contributed by atoms with Crippen LogP contribution in [0.1, 0.15) is 34.4 Å². The summed E-state index contributed by atoms with van der Waals surface area (Å²) in [7, 11) is 0. The Bertz CT molecular complexity index is 766. The summed E-state index contributed by atoms with van der Waals surface area (Å²) in [5.74, 6) is -0.170. The summed E-state index contributed by atoms with van der Waals surface area (Å²) in [6.45, 7) is 4.60. The van der Waals surface area contributed by atoms with Gasteiger partial charge in [-0.2, -0.15) is 0 Å². The summed E-state index contributed by atoms with van der Waals surface area (Å²) < 4.78 is 18.2. The van der Waals surface area contributed by atoms with E-state index in [0.29, 0.717) is 22.6 Å². The number of rotatable bonds is 6. The highest BCUT2D eigenvalue weighted by molar-refractivity contribution is 5.97. The van der Waals surface area contributed by atoms with Crippen molar-refractivity contribution in [2.75, 3.05) is 13.1 Å². The van der Waals surface area contributed by atoms with Gasteiger partial charge in [-0.1, -0.05) is 12.1 Å². The second-order valence-electron chi connectivity index (χ2n) is 6.07. The highest BCUT2D eigenvalue weighted by Crippen LogP contribution is 2.19. The highest BCUT2D eigenvalue weighted by atomic mass is 19.1. The predicted octanol–water partition coefficient (Wildman–Crippen LogP) is 1.79. The first-order chi connectivity index (χ1) is 11.7. The van der Waals surface area contributed by atoms with Crippen molar-refractivity contribution >= 4 is 11.8 Å². The molecule has 1 aromatic heterocycles. The SMILES string of the molecule is Cc1cc(C(=O)NCC(=O)NCC(C)(O)c2ccc(F)cc2)c(C)o1. The molecule has 0 saturated carbocycles. The van der Waals surface area contributed by atoms with Crippen molar-refractivity contribution in [2.45, 2.75) is 26.4 Å². The van der Waals surface area contributed by atoms with Gasteiger partial charge in [0.05, 0.1) is 18.7 Å². The fourth-order valence-corrected chi connectivity index (χ4v) is 2.36. The van der Waals surface area contributed by atoms with Crippen molar-refractivity contribution in [1.82, 2.24) is 10.6 Å². The Kier molecular flexibility index (Phi) is 5.58. The normalized spacial score (nSPS) is 13.2. The number of carbonyl (C=O) groups is 2.